The molecule has 1 aliphatic heterocycles. The Kier molecular flexibility index (Phi) is 4.83. The Bertz CT molecular complexity index is 1020. The molecule has 0 atom stereocenters. The molecule has 0 saturated carbocycles. The molecule has 0 radical (unpaired) electrons. The maximum absolute atomic E-state index is 12.8. The first kappa shape index (κ1) is 17.6. The highest BCUT2D eigenvalue weighted by Gasteiger charge is 2.33. The number of thioether (sulfide) groups is 1. The van der Waals surface area contributed by atoms with Gasteiger partial charge in [0.2, 0.25) is 0 Å². The van der Waals surface area contributed by atoms with E-state index in [1.54, 1.807) is 25.3 Å². The number of furan rings is 1. The summed E-state index contributed by atoms with van der Waals surface area (Å²) in [5, 5.41) is 0. The monoisotopic (exact) mass is 393 g/mol. The van der Waals surface area contributed by atoms with Gasteiger partial charge >= 0.3 is 0 Å². The average Bonchev–Trinajstić information content (AvgIpc) is 3.27. The lowest BCUT2D eigenvalue weighted by atomic mass is 10.2. The molecule has 2 heterocycles. The Balaban J connectivity index is 1.59. The van der Waals surface area contributed by atoms with E-state index in [1.807, 2.05) is 54.6 Å². The summed E-state index contributed by atoms with van der Waals surface area (Å²) >= 11 is 6.67. The van der Waals surface area contributed by atoms with E-state index in [2.05, 4.69) is 0 Å². The molecule has 1 amide bonds. The fraction of sp³-hybridized carbons (Fsp3) is 0.0476. The number of methoxy groups -OCH3 is 1. The molecule has 0 bridgehead atoms. The van der Waals surface area contributed by atoms with Gasteiger partial charge in [-0.2, -0.15) is 0 Å². The molecular formula is C21H15NO3S2. The van der Waals surface area contributed by atoms with Gasteiger partial charge in [0.1, 0.15) is 17.3 Å². The second-order valence-electron chi connectivity index (χ2n) is 5.78. The van der Waals surface area contributed by atoms with E-state index in [9.17, 15) is 4.79 Å². The van der Waals surface area contributed by atoms with Crippen molar-refractivity contribution >= 4 is 46.0 Å². The average molecular weight is 393 g/mol. The quantitative estimate of drug-likeness (QED) is 0.441. The highest BCUT2D eigenvalue weighted by molar-refractivity contribution is 8.27. The van der Waals surface area contributed by atoms with Crippen LogP contribution in [0.3, 0.4) is 0 Å². The van der Waals surface area contributed by atoms with Crippen LogP contribution in [0.4, 0.5) is 5.69 Å². The van der Waals surface area contributed by atoms with Crippen LogP contribution >= 0.6 is 24.0 Å². The van der Waals surface area contributed by atoms with Gasteiger partial charge in [-0.15, -0.1) is 0 Å². The molecule has 1 fully saturated rings. The maximum Gasteiger partial charge on any atom is 0.270 e. The van der Waals surface area contributed by atoms with Crippen molar-refractivity contribution in [3.63, 3.8) is 0 Å². The molecule has 1 saturated heterocycles. The first-order chi connectivity index (χ1) is 13.2. The number of hydrogen-bond acceptors (Lipinski definition) is 5. The zero-order valence-corrected chi connectivity index (χ0v) is 16.0. The van der Waals surface area contributed by atoms with Gasteiger partial charge in [-0.3, -0.25) is 9.69 Å². The number of carbonyl (C=O) groups is 1. The highest BCUT2D eigenvalue weighted by atomic mass is 32.2. The van der Waals surface area contributed by atoms with Crippen LogP contribution in [0, 0.1) is 0 Å². The van der Waals surface area contributed by atoms with Crippen molar-refractivity contribution in [1.82, 2.24) is 0 Å². The van der Waals surface area contributed by atoms with Gasteiger partial charge in [0.15, 0.2) is 4.32 Å². The molecule has 3 aromatic rings. The van der Waals surface area contributed by atoms with Crippen LogP contribution in [0.15, 0.2) is 76.1 Å². The number of anilines is 1. The third kappa shape index (κ3) is 3.54. The Morgan fingerprint density at radius 1 is 1.04 bits per heavy atom. The summed E-state index contributed by atoms with van der Waals surface area (Å²) in [5.74, 6) is 1.94. The standard InChI is InChI=1S/C21H15NO3S2/c1-24-16-9-7-15(8-10-16)22-20(23)19(27-21(22)26)13-17-11-12-18(25-17)14-5-3-2-4-6-14/h2-13H,1H3. The number of hydrogen-bond donors (Lipinski definition) is 0. The highest BCUT2D eigenvalue weighted by Crippen LogP contribution is 2.37. The van der Waals surface area contributed by atoms with Gasteiger partial charge in [0.05, 0.1) is 17.7 Å². The number of benzene rings is 2. The van der Waals surface area contributed by atoms with Crippen molar-refractivity contribution in [3.05, 3.63) is 77.4 Å². The van der Waals surface area contributed by atoms with Crippen molar-refractivity contribution in [2.45, 2.75) is 0 Å². The Labute approximate surface area is 166 Å². The normalized spacial score (nSPS) is 15.6. The SMILES string of the molecule is COc1ccc(N2C(=O)C(=Cc3ccc(-c4ccccc4)o3)SC2=S)cc1. The van der Waals surface area contributed by atoms with Crippen molar-refractivity contribution in [2.24, 2.45) is 0 Å². The van der Waals surface area contributed by atoms with Crippen molar-refractivity contribution in [3.8, 4) is 17.1 Å². The predicted octanol–water partition coefficient (Wildman–Crippen LogP) is 5.36. The number of nitrogens with zero attached hydrogens (tertiary/aromatic N) is 1. The third-order valence-electron chi connectivity index (χ3n) is 4.08. The van der Waals surface area contributed by atoms with Gasteiger partial charge < -0.3 is 9.15 Å². The second-order valence-corrected chi connectivity index (χ2v) is 7.46. The van der Waals surface area contributed by atoms with Crippen LogP contribution in [0.1, 0.15) is 5.76 Å². The first-order valence-electron chi connectivity index (χ1n) is 8.23. The summed E-state index contributed by atoms with van der Waals surface area (Å²) in [6.45, 7) is 0. The van der Waals surface area contributed by atoms with Crippen molar-refractivity contribution in [2.75, 3.05) is 12.0 Å². The maximum atomic E-state index is 12.8. The molecule has 4 rings (SSSR count). The fourth-order valence-corrected chi connectivity index (χ4v) is 4.02. The molecule has 1 aliphatic rings. The van der Waals surface area contributed by atoms with Gasteiger partial charge in [0.25, 0.3) is 5.91 Å². The molecule has 0 aliphatic carbocycles. The zero-order chi connectivity index (χ0) is 18.8. The lowest BCUT2D eigenvalue weighted by Crippen LogP contribution is -2.27. The van der Waals surface area contributed by atoms with Crippen LogP contribution < -0.4 is 9.64 Å². The predicted molar refractivity (Wildman–Crippen MR) is 113 cm³/mol. The van der Waals surface area contributed by atoms with E-state index in [4.69, 9.17) is 21.4 Å². The minimum absolute atomic E-state index is 0.159. The van der Waals surface area contributed by atoms with Crippen molar-refractivity contribution < 1.29 is 13.9 Å². The largest absolute Gasteiger partial charge is 0.497 e. The van der Waals surface area contributed by atoms with Crippen LogP contribution in [-0.2, 0) is 4.79 Å². The summed E-state index contributed by atoms with van der Waals surface area (Å²) in [4.78, 5) is 14.9. The number of carbonyl (C=O) groups excluding carboxylic acids is 1. The third-order valence-corrected chi connectivity index (χ3v) is 5.38. The molecule has 27 heavy (non-hydrogen) atoms. The Morgan fingerprint density at radius 3 is 2.48 bits per heavy atom. The van der Waals surface area contributed by atoms with Gasteiger partial charge in [-0.25, -0.2) is 0 Å². The van der Waals surface area contributed by atoms with E-state index in [1.165, 1.54) is 16.7 Å². The van der Waals surface area contributed by atoms with Crippen LogP contribution in [0.2, 0.25) is 0 Å². The lowest BCUT2D eigenvalue weighted by Gasteiger charge is -2.14. The molecule has 4 nitrogen and oxygen atoms in total. The number of ether oxygens (including phenoxy) is 1. The number of thiocarbonyl (C=S) groups is 1. The number of rotatable bonds is 4. The van der Waals surface area contributed by atoms with Gasteiger partial charge in [0, 0.05) is 11.6 Å². The molecule has 0 unspecified atom stereocenters. The number of amides is 1. The smallest absolute Gasteiger partial charge is 0.270 e. The molecule has 0 N–H and O–H groups in total. The Hall–Kier alpha value is -2.83. The summed E-state index contributed by atoms with van der Waals surface area (Å²) in [6.07, 6.45) is 1.73. The van der Waals surface area contributed by atoms with E-state index < -0.39 is 0 Å². The molecule has 0 spiro atoms. The van der Waals surface area contributed by atoms with Gasteiger partial charge in [-0.1, -0.05) is 54.3 Å². The minimum Gasteiger partial charge on any atom is -0.497 e. The lowest BCUT2D eigenvalue weighted by molar-refractivity contribution is -0.113. The van der Waals surface area contributed by atoms with E-state index in [0.29, 0.717) is 20.7 Å². The van der Waals surface area contributed by atoms with E-state index >= 15 is 0 Å². The summed E-state index contributed by atoms with van der Waals surface area (Å²) < 4.78 is 11.5. The molecule has 1 aromatic heterocycles. The van der Waals surface area contributed by atoms with Crippen LogP contribution in [0.25, 0.3) is 17.4 Å². The summed E-state index contributed by atoms with van der Waals surface area (Å²) in [6, 6.07) is 20.8. The minimum atomic E-state index is -0.159. The first-order valence-corrected chi connectivity index (χ1v) is 9.45. The van der Waals surface area contributed by atoms with Gasteiger partial charge in [-0.05, 0) is 36.4 Å². The van der Waals surface area contributed by atoms with E-state index in [-0.39, 0.29) is 5.91 Å². The molecule has 134 valence electrons. The zero-order valence-electron chi connectivity index (χ0n) is 14.4. The van der Waals surface area contributed by atoms with E-state index in [0.717, 1.165) is 17.1 Å². The summed E-state index contributed by atoms with van der Waals surface area (Å²) in [7, 11) is 1.60. The van der Waals surface area contributed by atoms with Crippen molar-refractivity contribution in [1.29, 1.82) is 0 Å². The summed E-state index contributed by atoms with van der Waals surface area (Å²) in [5.41, 5.74) is 1.70. The van der Waals surface area contributed by atoms with Crippen LogP contribution in [-0.4, -0.2) is 17.3 Å². The second kappa shape index (κ2) is 7.42. The molecular weight excluding hydrogens is 378 g/mol. The molecule has 6 heteroatoms. The topological polar surface area (TPSA) is 42.7 Å². The molecule has 2 aromatic carbocycles. The Morgan fingerprint density at radius 2 is 1.78 bits per heavy atom. The van der Waals surface area contributed by atoms with Crippen LogP contribution in [0.5, 0.6) is 5.75 Å². The fourth-order valence-electron chi connectivity index (χ4n) is 2.74.